The molecule has 81 heavy (non-hydrogen) atoms. The van der Waals surface area contributed by atoms with Gasteiger partial charge in [-0.05, 0) is 103 Å². The van der Waals surface area contributed by atoms with E-state index in [0.29, 0.717) is 19.3 Å². The molecule has 0 fully saturated rings. The third-order valence-electron chi connectivity index (χ3n) is 15.1. The smallest absolute Gasteiger partial charge is 0.306 e. The van der Waals surface area contributed by atoms with Crippen LogP contribution in [0.2, 0.25) is 0 Å². The Labute approximate surface area is 502 Å². The van der Waals surface area contributed by atoms with Crippen molar-refractivity contribution in [1.29, 1.82) is 0 Å². The molecule has 0 saturated carbocycles. The number of hydrogen-bond donors (Lipinski definition) is 0. The van der Waals surface area contributed by atoms with Gasteiger partial charge in [-0.1, -0.05) is 317 Å². The number of rotatable bonds is 63. The largest absolute Gasteiger partial charge is 0.462 e. The molecule has 0 aliphatic heterocycles. The molecule has 6 nitrogen and oxygen atoms in total. The van der Waals surface area contributed by atoms with Gasteiger partial charge in [-0.15, -0.1) is 0 Å². The van der Waals surface area contributed by atoms with Gasteiger partial charge in [0.15, 0.2) is 6.10 Å². The fourth-order valence-electron chi connectivity index (χ4n) is 9.89. The number of hydrogen-bond acceptors (Lipinski definition) is 6. The summed E-state index contributed by atoms with van der Waals surface area (Å²) in [6, 6.07) is 0. The van der Waals surface area contributed by atoms with Crippen molar-refractivity contribution in [1.82, 2.24) is 0 Å². The van der Waals surface area contributed by atoms with Crippen molar-refractivity contribution in [3.8, 4) is 0 Å². The summed E-state index contributed by atoms with van der Waals surface area (Å²) in [6.45, 7) is 6.46. The van der Waals surface area contributed by atoms with Gasteiger partial charge in [-0.2, -0.15) is 0 Å². The Hall–Kier alpha value is -3.67. The molecule has 0 saturated heterocycles. The average Bonchev–Trinajstić information content (AvgIpc) is 3.47. The fraction of sp³-hybridized carbons (Fsp3) is 0.747. The highest BCUT2D eigenvalue weighted by molar-refractivity contribution is 5.71. The van der Waals surface area contributed by atoms with Crippen LogP contribution in [0.25, 0.3) is 0 Å². The molecular weight excluding hydrogens is 997 g/mol. The Morgan fingerprint density at radius 3 is 0.753 bits per heavy atom. The Morgan fingerprint density at radius 1 is 0.259 bits per heavy atom. The van der Waals surface area contributed by atoms with Crippen molar-refractivity contribution in [2.75, 3.05) is 13.2 Å². The number of unbranched alkanes of at least 4 members (excludes halogenated alkanes) is 36. The van der Waals surface area contributed by atoms with Gasteiger partial charge >= 0.3 is 17.9 Å². The van der Waals surface area contributed by atoms with Crippen LogP contribution in [0.3, 0.4) is 0 Å². The highest BCUT2D eigenvalue weighted by atomic mass is 16.6. The first kappa shape index (κ1) is 77.3. The van der Waals surface area contributed by atoms with Gasteiger partial charge in [0.25, 0.3) is 0 Å². The van der Waals surface area contributed by atoms with Crippen LogP contribution < -0.4 is 0 Å². The summed E-state index contributed by atoms with van der Waals surface area (Å²) in [7, 11) is 0. The van der Waals surface area contributed by atoms with E-state index in [2.05, 4.69) is 118 Å². The van der Waals surface area contributed by atoms with E-state index in [0.717, 1.165) is 109 Å². The van der Waals surface area contributed by atoms with Gasteiger partial charge in [-0.25, -0.2) is 0 Å². The molecule has 0 aromatic rings. The van der Waals surface area contributed by atoms with Crippen molar-refractivity contribution in [2.24, 2.45) is 0 Å². The zero-order chi connectivity index (χ0) is 58.5. The van der Waals surface area contributed by atoms with E-state index in [1.165, 1.54) is 193 Å². The zero-order valence-electron chi connectivity index (χ0n) is 53.5. The van der Waals surface area contributed by atoms with Crippen LogP contribution >= 0.6 is 0 Å². The minimum absolute atomic E-state index is 0.0759. The summed E-state index contributed by atoms with van der Waals surface area (Å²) in [5.41, 5.74) is 0. The van der Waals surface area contributed by atoms with Crippen LogP contribution in [0.15, 0.2) is 97.2 Å². The second-order valence-corrected chi connectivity index (χ2v) is 23.1. The zero-order valence-corrected chi connectivity index (χ0v) is 53.5. The highest BCUT2D eigenvalue weighted by Gasteiger charge is 2.19. The van der Waals surface area contributed by atoms with E-state index >= 15 is 0 Å². The lowest BCUT2D eigenvalue weighted by Crippen LogP contribution is -2.30. The first-order chi connectivity index (χ1) is 40.0. The second-order valence-electron chi connectivity index (χ2n) is 23.1. The quantitative estimate of drug-likeness (QED) is 0.0261. The van der Waals surface area contributed by atoms with Crippen LogP contribution in [-0.2, 0) is 28.6 Å². The predicted octanol–water partition coefficient (Wildman–Crippen LogP) is 24.0. The molecule has 0 aromatic carbocycles. The maximum absolute atomic E-state index is 12.9. The second kappa shape index (κ2) is 68.8. The Morgan fingerprint density at radius 2 is 0.481 bits per heavy atom. The van der Waals surface area contributed by atoms with E-state index in [4.69, 9.17) is 14.2 Å². The third kappa shape index (κ3) is 67.0. The van der Waals surface area contributed by atoms with Gasteiger partial charge in [0.1, 0.15) is 13.2 Å². The standard InChI is InChI=1S/C75H130O6/c1-4-7-10-13-15-17-19-21-23-25-27-29-31-33-35-36-37-38-40-41-43-45-47-49-51-53-55-57-59-62-65-68-74(77)80-71-72(70-79-73(76)67-64-61-12-9-6-3)81-75(78)69-66-63-60-58-56-54-52-50-48-46-44-42-39-34-32-30-28-26-24-22-20-18-16-14-11-8-5-2/h8,11,16,18-19,21-22,24-25,27-28,30-31,33-34,39,72H,4-7,9-10,12-15,17,20,23,26,29,32,35-38,40-71H2,1-3H3/b11-8-,18-16-,21-19-,24-22-,27-25-,30-28-,33-31-,39-34-. The molecule has 0 amide bonds. The lowest BCUT2D eigenvalue weighted by atomic mass is 10.0. The number of allylic oxidation sites excluding steroid dienone is 16. The minimum atomic E-state index is -0.776. The summed E-state index contributed by atoms with van der Waals surface area (Å²) < 4.78 is 16.8. The minimum Gasteiger partial charge on any atom is -0.462 e. The van der Waals surface area contributed by atoms with Gasteiger partial charge < -0.3 is 14.2 Å². The average molecular weight is 1130 g/mol. The van der Waals surface area contributed by atoms with Crippen molar-refractivity contribution in [3.05, 3.63) is 97.2 Å². The lowest BCUT2D eigenvalue weighted by molar-refractivity contribution is -0.167. The number of ether oxygens (including phenoxy) is 3. The van der Waals surface area contributed by atoms with Crippen LogP contribution in [0.1, 0.15) is 342 Å². The van der Waals surface area contributed by atoms with Crippen molar-refractivity contribution in [3.63, 3.8) is 0 Å². The number of carbonyl (C=O) groups excluding carboxylic acids is 3. The van der Waals surface area contributed by atoms with E-state index in [1.807, 2.05) is 0 Å². The first-order valence-corrected chi connectivity index (χ1v) is 34.7. The van der Waals surface area contributed by atoms with E-state index in [1.54, 1.807) is 0 Å². The summed E-state index contributed by atoms with van der Waals surface area (Å²) in [4.78, 5) is 38.0. The SMILES string of the molecule is CC/C=C\C/C=C\C/C=C\C/C=C\C/C=C\CCCCCCCCCCCCCC(=O)OC(COC(=O)CCCCCCC)COC(=O)CCCCCCCCCCCCCCCCCC/C=C\C/C=C\C/C=C\CCCCCCC. The number of carbonyl (C=O) groups is 3. The predicted molar refractivity (Wildman–Crippen MR) is 353 cm³/mol. The molecule has 6 heteroatoms. The number of esters is 3. The van der Waals surface area contributed by atoms with Crippen LogP contribution in [-0.4, -0.2) is 37.2 Å². The molecule has 466 valence electrons. The maximum Gasteiger partial charge on any atom is 0.306 e. The molecule has 1 atom stereocenters. The molecule has 0 aliphatic rings. The molecule has 0 aliphatic carbocycles. The van der Waals surface area contributed by atoms with E-state index < -0.39 is 6.10 Å². The van der Waals surface area contributed by atoms with Gasteiger partial charge in [0.2, 0.25) is 0 Å². The molecule has 1 unspecified atom stereocenters. The Bertz CT molecular complexity index is 1580. The van der Waals surface area contributed by atoms with Crippen molar-refractivity contribution < 1.29 is 28.6 Å². The van der Waals surface area contributed by atoms with Crippen LogP contribution in [0, 0.1) is 0 Å². The molecule has 0 bridgehead atoms. The summed E-state index contributed by atoms with van der Waals surface area (Å²) in [5.74, 6) is -0.881. The molecule has 0 radical (unpaired) electrons. The topological polar surface area (TPSA) is 78.9 Å². The van der Waals surface area contributed by atoms with Gasteiger partial charge in [-0.3, -0.25) is 14.4 Å². The van der Waals surface area contributed by atoms with Crippen molar-refractivity contribution >= 4 is 17.9 Å². The Kier molecular flexibility index (Phi) is 65.7. The molecule has 0 rings (SSSR count). The van der Waals surface area contributed by atoms with Crippen LogP contribution in [0.4, 0.5) is 0 Å². The molecular formula is C75H130O6. The molecule has 0 aromatic heterocycles. The molecule has 0 heterocycles. The summed E-state index contributed by atoms with van der Waals surface area (Å²) in [6.07, 6.45) is 93.4. The third-order valence-corrected chi connectivity index (χ3v) is 15.1. The van der Waals surface area contributed by atoms with Crippen molar-refractivity contribution in [2.45, 2.75) is 348 Å². The lowest BCUT2D eigenvalue weighted by Gasteiger charge is -2.18. The monoisotopic (exact) mass is 1130 g/mol. The molecule has 0 spiro atoms. The maximum atomic E-state index is 12.9. The first-order valence-electron chi connectivity index (χ1n) is 34.7. The Balaban J connectivity index is 3.99. The highest BCUT2D eigenvalue weighted by Crippen LogP contribution is 2.17. The summed E-state index contributed by atoms with van der Waals surface area (Å²) in [5, 5.41) is 0. The van der Waals surface area contributed by atoms with E-state index in [9.17, 15) is 14.4 Å². The van der Waals surface area contributed by atoms with Gasteiger partial charge in [0, 0.05) is 19.3 Å². The fourth-order valence-corrected chi connectivity index (χ4v) is 9.89. The summed E-state index contributed by atoms with van der Waals surface area (Å²) >= 11 is 0. The molecule has 0 N–H and O–H groups in total. The van der Waals surface area contributed by atoms with Gasteiger partial charge in [0.05, 0.1) is 0 Å². The normalized spacial score (nSPS) is 12.7. The van der Waals surface area contributed by atoms with Crippen LogP contribution in [0.5, 0.6) is 0 Å². The van der Waals surface area contributed by atoms with E-state index in [-0.39, 0.29) is 31.1 Å².